The standard InChI is InChI=1S/C18H15ClFN5O3/c19-13-7-10(20)3-6-12(13)16(27)25-11-4-1-9(2-5-11)18(17(22)28)14(15(21)26)23-8-24-18/h1-7,24H,8H2,(H2,21,26)(H2,22,28)(H,25,27). The molecule has 2 aromatic rings. The summed E-state index contributed by atoms with van der Waals surface area (Å²) < 4.78 is 13.1. The summed E-state index contributed by atoms with van der Waals surface area (Å²) in [4.78, 5) is 40.0. The van der Waals surface area contributed by atoms with Crippen molar-refractivity contribution >= 4 is 40.7 Å². The van der Waals surface area contributed by atoms with Crippen molar-refractivity contribution in [1.82, 2.24) is 5.32 Å². The first-order valence-electron chi connectivity index (χ1n) is 8.02. The first kappa shape index (κ1) is 19.5. The first-order valence-corrected chi connectivity index (χ1v) is 8.40. The Morgan fingerprint density at radius 2 is 1.82 bits per heavy atom. The molecule has 0 saturated carbocycles. The number of primary amides is 2. The largest absolute Gasteiger partial charge is 0.367 e. The van der Waals surface area contributed by atoms with Crippen molar-refractivity contribution in [2.24, 2.45) is 16.5 Å². The Balaban J connectivity index is 1.87. The van der Waals surface area contributed by atoms with Crippen LogP contribution in [0.2, 0.25) is 5.02 Å². The lowest BCUT2D eigenvalue weighted by molar-refractivity contribution is -0.123. The molecule has 6 N–H and O–H groups in total. The molecule has 1 aliphatic heterocycles. The number of carbonyl (C=O) groups is 3. The second-order valence-corrected chi connectivity index (χ2v) is 6.38. The van der Waals surface area contributed by atoms with E-state index >= 15 is 0 Å². The van der Waals surface area contributed by atoms with E-state index in [1.165, 1.54) is 30.3 Å². The number of anilines is 1. The molecular formula is C18H15ClFN5O3. The second-order valence-electron chi connectivity index (χ2n) is 5.98. The third kappa shape index (κ3) is 3.32. The lowest BCUT2D eigenvalue weighted by Gasteiger charge is -2.27. The molecule has 3 rings (SSSR count). The van der Waals surface area contributed by atoms with Crippen LogP contribution in [0.25, 0.3) is 0 Å². The van der Waals surface area contributed by atoms with E-state index in [0.717, 1.165) is 12.1 Å². The molecule has 0 aromatic heterocycles. The molecule has 0 spiro atoms. The predicted octanol–water partition coefficient (Wildman–Crippen LogP) is 0.899. The van der Waals surface area contributed by atoms with E-state index in [1.54, 1.807) is 0 Å². The van der Waals surface area contributed by atoms with E-state index in [0.29, 0.717) is 11.3 Å². The molecule has 1 heterocycles. The Kier molecular flexibility index (Phi) is 5.12. The highest BCUT2D eigenvalue weighted by molar-refractivity contribution is 6.46. The van der Waals surface area contributed by atoms with E-state index in [-0.39, 0.29) is 23.0 Å². The summed E-state index contributed by atoms with van der Waals surface area (Å²) in [5, 5.41) is 5.38. The van der Waals surface area contributed by atoms with Crippen molar-refractivity contribution in [3.63, 3.8) is 0 Å². The zero-order valence-corrected chi connectivity index (χ0v) is 15.1. The number of nitrogens with one attached hydrogen (secondary N) is 2. The normalized spacial score (nSPS) is 18.4. The third-order valence-corrected chi connectivity index (χ3v) is 4.60. The molecular weight excluding hydrogens is 389 g/mol. The summed E-state index contributed by atoms with van der Waals surface area (Å²) in [6.45, 7) is 0.00274. The van der Waals surface area contributed by atoms with Gasteiger partial charge in [0.15, 0.2) is 5.54 Å². The number of hydrogen-bond acceptors (Lipinski definition) is 5. The van der Waals surface area contributed by atoms with Crippen molar-refractivity contribution in [1.29, 1.82) is 0 Å². The van der Waals surface area contributed by atoms with Gasteiger partial charge in [0, 0.05) is 5.69 Å². The maximum Gasteiger partial charge on any atom is 0.265 e. The van der Waals surface area contributed by atoms with Crippen molar-refractivity contribution in [2.75, 3.05) is 12.0 Å². The molecule has 0 aliphatic carbocycles. The maximum absolute atomic E-state index is 13.1. The second kappa shape index (κ2) is 7.37. The van der Waals surface area contributed by atoms with Gasteiger partial charge in [0.25, 0.3) is 11.8 Å². The van der Waals surface area contributed by atoms with Crippen molar-refractivity contribution < 1.29 is 18.8 Å². The number of benzene rings is 2. The van der Waals surface area contributed by atoms with Gasteiger partial charge in [0.1, 0.15) is 11.5 Å². The fraction of sp³-hybridized carbons (Fsp3) is 0.111. The molecule has 1 atom stereocenters. The predicted molar refractivity (Wildman–Crippen MR) is 101 cm³/mol. The van der Waals surface area contributed by atoms with Gasteiger partial charge in [-0.3, -0.25) is 24.7 Å². The minimum Gasteiger partial charge on any atom is -0.367 e. The molecule has 0 saturated heterocycles. The summed E-state index contributed by atoms with van der Waals surface area (Å²) in [6, 6.07) is 9.44. The Labute approximate surface area is 163 Å². The van der Waals surface area contributed by atoms with Crippen LogP contribution in [0.15, 0.2) is 47.5 Å². The molecule has 0 fully saturated rings. The van der Waals surface area contributed by atoms with E-state index in [4.69, 9.17) is 23.1 Å². The summed E-state index contributed by atoms with van der Waals surface area (Å²) >= 11 is 5.88. The number of carbonyl (C=O) groups excluding carboxylic acids is 3. The topological polar surface area (TPSA) is 140 Å². The number of halogens is 2. The molecule has 1 aliphatic rings. The van der Waals surface area contributed by atoms with Gasteiger partial charge in [-0.2, -0.15) is 0 Å². The molecule has 28 heavy (non-hydrogen) atoms. The minimum absolute atomic E-state index is 0.00274. The molecule has 8 nitrogen and oxygen atoms in total. The van der Waals surface area contributed by atoms with Crippen LogP contribution in [0.1, 0.15) is 15.9 Å². The maximum atomic E-state index is 13.1. The van der Waals surface area contributed by atoms with E-state index in [2.05, 4.69) is 15.6 Å². The molecule has 0 radical (unpaired) electrons. The lowest BCUT2D eigenvalue weighted by atomic mass is 9.84. The van der Waals surface area contributed by atoms with E-state index < -0.39 is 29.1 Å². The number of amides is 3. The monoisotopic (exact) mass is 403 g/mol. The third-order valence-electron chi connectivity index (χ3n) is 4.29. The van der Waals surface area contributed by atoms with Crippen molar-refractivity contribution in [3.8, 4) is 0 Å². The van der Waals surface area contributed by atoms with Crippen LogP contribution in [0.5, 0.6) is 0 Å². The highest BCUT2D eigenvalue weighted by Gasteiger charge is 2.48. The van der Waals surface area contributed by atoms with Crippen LogP contribution in [-0.2, 0) is 15.1 Å². The van der Waals surface area contributed by atoms with Crippen molar-refractivity contribution in [3.05, 3.63) is 64.4 Å². The van der Waals surface area contributed by atoms with Gasteiger partial charge in [-0.15, -0.1) is 0 Å². The first-order chi connectivity index (χ1) is 13.3. The number of aliphatic imine (C=N–C) groups is 1. The number of nitrogens with zero attached hydrogens (tertiary/aromatic N) is 1. The molecule has 3 amide bonds. The SMILES string of the molecule is NC(=O)C1=NCNC1(C(N)=O)c1ccc(NC(=O)c2ccc(F)cc2Cl)cc1. The van der Waals surface area contributed by atoms with Gasteiger partial charge in [0.2, 0.25) is 5.91 Å². The van der Waals surface area contributed by atoms with Gasteiger partial charge in [-0.05, 0) is 35.9 Å². The summed E-state index contributed by atoms with van der Waals surface area (Å²) in [6.07, 6.45) is 0. The van der Waals surface area contributed by atoms with Gasteiger partial charge in [0.05, 0.1) is 17.3 Å². The Morgan fingerprint density at radius 3 is 2.39 bits per heavy atom. The Bertz CT molecular complexity index is 1010. The molecule has 2 aromatic carbocycles. The average Bonchev–Trinajstić information content (AvgIpc) is 3.08. The van der Waals surface area contributed by atoms with Crippen LogP contribution in [0.4, 0.5) is 10.1 Å². The van der Waals surface area contributed by atoms with Crippen molar-refractivity contribution in [2.45, 2.75) is 5.54 Å². The van der Waals surface area contributed by atoms with Gasteiger partial charge >= 0.3 is 0 Å². The summed E-state index contributed by atoms with van der Waals surface area (Å²) in [5.41, 5.74) is 9.82. The van der Waals surface area contributed by atoms with Gasteiger partial charge in [-0.25, -0.2) is 4.39 Å². The van der Waals surface area contributed by atoms with Crippen LogP contribution < -0.4 is 22.1 Å². The Morgan fingerprint density at radius 1 is 1.14 bits per heavy atom. The van der Waals surface area contributed by atoms with Crippen LogP contribution in [-0.4, -0.2) is 30.1 Å². The fourth-order valence-corrected chi connectivity index (χ4v) is 3.22. The average molecular weight is 404 g/mol. The van der Waals surface area contributed by atoms with Gasteiger partial charge < -0.3 is 16.8 Å². The number of nitrogens with two attached hydrogens (primary N) is 2. The number of hydrogen-bond donors (Lipinski definition) is 4. The van der Waals surface area contributed by atoms with E-state index in [1.807, 2.05) is 0 Å². The highest BCUT2D eigenvalue weighted by atomic mass is 35.5. The van der Waals surface area contributed by atoms with Crippen LogP contribution in [0.3, 0.4) is 0 Å². The van der Waals surface area contributed by atoms with Crippen LogP contribution in [0, 0.1) is 5.82 Å². The zero-order chi connectivity index (χ0) is 20.5. The highest BCUT2D eigenvalue weighted by Crippen LogP contribution is 2.28. The Hall–Kier alpha value is -3.30. The van der Waals surface area contributed by atoms with Crippen LogP contribution >= 0.6 is 11.6 Å². The molecule has 1 unspecified atom stereocenters. The zero-order valence-electron chi connectivity index (χ0n) is 14.3. The summed E-state index contributed by atoms with van der Waals surface area (Å²) in [5.74, 6) is -2.80. The molecule has 144 valence electrons. The minimum atomic E-state index is -1.64. The fourth-order valence-electron chi connectivity index (χ4n) is 2.96. The smallest absolute Gasteiger partial charge is 0.265 e. The molecule has 0 bridgehead atoms. The van der Waals surface area contributed by atoms with E-state index in [9.17, 15) is 18.8 Å². The number of rotatable bonds is 5. The van der Waals surface area contributed by atoms with Gasteiger partial charge in [-0.1, -0.05) is 23.7 Å². The molecule has 10 heteroatoms. The lowest BCUT2D eigenvalue weighted by Crippen LogP contribution is -2.57. The summed E-state index contributed by atoms with van der Waals surface area (Å²) in [7, 11) is 0. The quantitative estimate of drug-likeness (QED) is 0.588.